The Bertz CT molecular complexity index is 356. The number of likely N-dealkylation sites (N-methyl/N-ethyl adjacent to an activating group) is 1. The van der Waals surface area contributed by atoms with Gasteiger partial charge in [-0.25, -0.2) is 4.67 Å². The van der Waals surface area contributed by atoms with Crippen LogP contribution in [0, 0.1) is 0 Å². The Hall–Kier alpha value is -1.54. The quantitative estimate of drug-likeness (QED) is 0.529. The van der Waals surface area contributed by atoms with Crippen LogP contribution in [-0.2, 0) is 0 Å². The van der Waals surface area contributed by atoms with Gasteiger partial charge in [-0.1, -0.05) is 17.0 Å². The molecule has 0 saturated heterocycles. The van der Waals surface area contributed by atoms with E-state index < -0.39 is 0 Å². The molecule has 0 aromatic heterocycles. The van der Waals surface area contributed by atoms with E-state index in [4.69, 9.17) is 0 Å². The predicted octanol–water partition coefficient (Wildman–Crippen LogP) is 0.0211. The first-order valence-electron chi connectivity index (χ1n) is 4.41. The largest absolute Gasteiger partial charge is 0.360 e. The number of hydrazone groups is 1. The zero-order chi connectivity index (χ0) is 9.42. The van der Waals surface area contributed by atoms with Crippen LogP contribution >= 0.6 is 0 Å². The Kier molecular flexibility index (Phi) is 1.71. The maximum Gasteiger partial charge on any atom is 0.343 e. The summed E-state index contributed by atoms with van der Waals surface area (Å²) in [5.74, 6) is 2.95. The van der Waals surface area contributed by atoms with Crippen molar-refractivity contribution in [3.05, 3.63) is 12.2 Å². The summed E-state index contributed by atoms with van der Waals surface area (Å²) in [5, 5.41) is 6.32. The van der Waals surface area contributed by atoms with Gasteiger partial charge in [0.25, 0.3) is 0 Å². The van der Waals surface area contributed by atoms with Crippen LogP contribution in [0.3, 0.4) is 0 Å². The van der Waals surface area contributed by atoms with Crippen LogP contribution < -0.4 is 4.67 Å². The lowest BCUT2D eigenvalue weighted by Crippen LogP contribution is -2.46. The van der Waals surface area contributed by atoms with E-state index in [-0.39, 0.29) is 0 Å². The first kappa shape index (κ1) is 8.08. The summed E-state index contributed by atoms with van der Waals surface area (Å²) in [6.07, 6.45) is 4.89. The van der Waals surface area contributed by atoms with Crippen LogP contribution in [0.4, 0.5) is 0 Å². The van der Waals surface area contributed by atoms with Gasteiger partial charge in [0.2, 0.25) is 0 Å². The van der Waals surface area contributed by atoms with Crippen LogP contribution in [0.25, 0.3) is 0 Å². The van der Waals surface area contributed by atoms with Crippen molar-refractivity contribution in [2.75, 3.05) is 14.1 Å². The molecule has 2 rings (SSSR count). The third kappa shape index (κ3) is 1.15. The second kappa shape index (κ2) is 2.75. The maximum absolute atomic E-state index is 4.42. The van der Waals surface area contributed by atoms with Gasteiger partial charge < -0.3 is 4.90 Å². The fraction of sp³-hybridized carbons (Fsp3) is 0.444. The summed E-state index contributed by atoms with van der Waals surface area (Å²) in [5.41, 5.74) is 0. The molecule has 0 unspecified atom stereocenters. The number of hydrogen-bond acceptors (Lipinski definition) is 3. The standard InChI is InChI=1S/C9H13N4/c1-4-7-10-8-5-6-9(12(2)3)11-13(7)8/h5-6H,4H2,1-3H3/q+1. The molecule has 2 aliphatic rings. The molecule has 0 atom stereocenters. The summed E-state index contributed by atoms with van der Waals surface area (Å²) in [4.78, 5) is 1.98. The molecule has 0 spiro atoms. The van der Waals surface area contributed by atoms with Crippen LogP contribution in [0.1, 0.15) is 13.3 Å². The highest BCUT2D eigenvalue weighted by Crippen LogP contribution is 2.09. The third-order valence-corrected chi connectivity index (χ3v) is 2.06. The molecular formula is C9H13N4+. The molecule has 0 aromatic rings. The molecule has 0 aliphatic carbocycles. The van der Waals surface area contributed by atoms with Crippen molar-refractivity contribution in [3.8, 4) is 0 Å². The lowest BCUT2D eigenvalue weighted by atomic mass is 10.3. The molecule has 0 amide bonds. The predicted molar refractivity (Wildman–Crippen MR) is 54.5 cm³/mol. The summed E-state index contributed by atoms with van der Waals surface area (Å²) in [6, 6.07) is 0. The molecule has 0 fully saturated rings. The van der Waals surface area contributed by atoms with Crippen molar-refractivity contribution < 1.29 is 0 Å². The van der Waals surface area contributed by atoms with Crippen molar-refractivity contribution in [3.63, 3.8) is 0 Å². The fourth-order valence-electron chi connectivity index (χ4n) is 1.28. The van der Waals surface area contributed by atoms with Crippen molar-refractivity contribution in [1.29, 1.82) is 0 Å². The lowest BCUT2D eigenvalue weighted by Gasteiger charge is -2.21. The van der Waals surface area contributed by atoms with E-state index >= 15 is 0 Å². The molecule has 0 bridgehead atoms. The Morgan fingerprint density at radius 3 is 2.85 bits per heavy atom. The van der Waals surface area contributed by atoms with Crippen molar-refractivity contribution >= 4 is 17.5 Å². The molecule has 0 N–H and O–H groups in total. The highest BCUT2D eigenvalue weighted by atomic mass is 15.6. The van der Waals surface area contributed by atoms with Crippen molar-refractivity contribution in [2.24, 2.45) is 5.10 Å². The molecule has 0 radical (unpaired) electrons. The normalized spacial score (nSPS) is 18.4. The van der Waals surface area contributed by atoms with Gasteiger partial charge in [0.05, 0.1) is 0 Å². The topological polar surface area (TPSA) is 32.9 Å². The highest BCUT2D eigenvalue weighted by Gasteiger charge is 2.34. The van der Waals surface area contributed by atoms with Gasteiger partial charge in [-0.3, -0.25) is 0 Å². The van der Waals surface area contributed by atoms with Crippen molar-refractivity contribution in [1.82, 2.24) is 14.6 Å². The van der Waals surface area contributed by atoms with Crippen molar-refractivity contribution in [2.45, 2.75) is 13.3 Å². The Morgan fingerprint density at radius 1 is 1.46 bits per heavy atom. The Morgan fingerprint density at radius 2 is 2.23 bits per heavy atom. The van der Waals surface area contributed by atoms with Gasteiger partial charge in [0.1, 0.15) is 0 Å². The SMILES string of the molecule is CCC1=[N+]=C2C=CC(N(C)C)=NN21. The smallest absolute Gasteiger partial charge is 0.343 e. The third-order valence-electron chi connectivity index (χ3n) is 2.06. The molecule has 13 heavy (non-hydrogen) atoms. The van der Waals surface area contributed by atoms with Gasteiger partial charge in [-0.2, -0.15) is 0 Å². The van der Waals surface area contributed by atoms with Gasteiger partial charge >= 0.3 is 11.7 Å². The summed E-state index contributed by atoms with van der Waals surface area (Å²) < 4.78 is 4.30. The summed E-state index contributed by atoms with van der Waals surface area (Å²) in [7, 11) is 3.97. The van der Waals surface area contributed by atoms with Crippen LogP contribution in [-0.4, -0.2) is 41.5 Å². The average Bonchev–Trinajstić information content (AvgIpc) is 2.07. The van der Waals surface area contributed by atoms with Crippen LogP contribution in [0.5, 0.6) is 0 Å². The van der Waals surface area contributed by atoms with E-state index in [0.717, 1.165) is 23.9 Å². The number of rotatable bonds is 1. The molecule has 0 aromatic carbocycles. The van der Waals surface area contributed by atoms with Gasteiger partial charge in [-0.15, -0.1) is 0 Å². The summed E-state index contributed by atoms with van der Waals surface area (Å²) in [6.45, 7) is 2.08. The molecular weight excluding hydrogens is 164 g/mol. The number of fused-ring (bicyclic) bond motifs is 1. The second-order valence-corrected chi connectivity index (χ2v) is 3.24. The monoisotopic (exact) mass is 177 g/mol. The fourth-order valence-corrected chi connectivity index (χ4v) is 1.28. The maximum atomic E-state index is 4.42. The number of nitrogens with zero attached hydrogens (tertiary/aromatic N) is 4. The van der Waals surface area contributed by atoms with E-state index in [9.17, 15) is 0 Å². The Balaban J connectivity index is 2.26. The molecule has 2 heterocycles. The number of amidine groups is 3. The lowest BCUT2D eigenvalue weighted by molar-refractivity contribution is 0.556. The first-order valence-corrected chi connectivity index (χ1v) is 4.41. The van der Waals surface area contributed by atoms with E-state index in [1.165, 1.54) is 0 Å². The van der Waals surface area contributed by atoms with E-state index in [1.54, 1.807) is 0 Å². The minimum absolute atomic E-state index is 0.932. The minimum Gasteiger partial charge on any atom is -0.360 e. The van der Waals surface area contributed by atoms with Gasteiger partial charge in [0, 0.05) is 26.6 Å². The highest BCUT2D eigenvalue weighted by molar-refractivity contribution is 6.17. The van der Waals surface area contributed by atoms with E-state index in [1.807, 2.05) is 36.2 Å². The first-order chi connectivity index (χ1) is 6.22. The molecule has 2 aliphatic heterocycles. The van der Waals surface area contributed by atoms with Gasteiger partial charge in [-0.05, 0) is 6.08 Å². The minimum atomic E-state index is 0.932. The van der Waals surface area contributed by atoms with Crippen LogP contribution in [0.15, 0.2) is 17.3 Å². The number of hydrogen-bond donors (Lipinski definition) is 0. The molecule has 0 saturated carbocycles. The molecule has 4 heteroatoms. The average molecular weight is 177 g/mol. The second-order valence-electron chi connectivity index (χ2n) is 3.24. The van der Waals surface area contributed by atoms with Crippen LogP contribution in [0.2, 0.25) is 0 Å². The summed E-state index contributed by atoms with van der Waals surface area (Å²) >= 11 is 0. The zero-order valence-corrected chi connectivity index (χ0v) is 8.15. The zero-order valence-electron chi connectivity index (χ0n) is 8.15. The van der Waals surface area contributed by atoms with Gasteiger partial charge in [0.15, 0.2) is 5.84 Å². The molecule has 4 nitrogen and oxygen atoms in total. The Labute approximate surface area is 77.6 Å². The van der Waals surface area contributed by atoms with E-state index in [0.29, 0.717) is 0 Å². The molecule has 68 valence electrons. The van der Waals surface area contributed by atoms with E-state index in [2.05, 4.69) is 16.7 Å².